The first kappa shape index (κ1) is 16.3. The summed E-state index contributed by atoms with van der Waals surface area (Å²) in [5, 5.41) is 6.99. The predicted molar refractivity (Wildman–Crippen MR) is 97.1 cm³/mol. The van der Waals surface area contributed by atoms with E-state index < -0.39 is 0 Å². The molecule has 6 heteroatoms. The molecule has 3 rings (SSSR count). The Balaban J connectivity index is 1.63. The number of ether oxygens (including phenoxy) is 1. The van der Waals surface area contributed by atoms with Crippen LogP contribution in [0, 0.1) is 4.77 Å². The first-order valence-electron chi connectivity index (χ1n) is 7.92. The van der Waals surface area contributed by atoms with Crippen molar-refractivity contribution in [1.29, 1.82) is 0 Å². The van der Waals surface area contributed by atoms with Crippen molar-refractivity contribution in [1.82, 2.24) is 14.9 Å². The van der Waals surface area contributed by atoms with E-state index in [1.165, 1.54) is 0 Å². The van der Waals surface area contributed by atoms with Crippen molar-refractivity contribution < 1.29 is 4.74 Å². The first-order chi connectivity index (χ1) is 11.8. The lowest BCUT2D eigenvalue weighted by Crippen LogP contribution is -2.17. The second-order valence-electron chi connectivity index (χ2n) is 5.39. The van der Waals surface area contributed by atoms with Crippen LogP contribution in [0.1, 0.15) is 23.9 Å². The largest absolute Gasteiger partial charge is 0.489 e. The van der Waals surface area contributed by atoms with Gasteiger partial charge in [-0.3, -0.25) is 5.10 Å². The second-order valence-corrected chi connectivity index (χ2v) is 5.78. The molecule has 1 aromatic heterocycles. The van der Waals surface area contributed by atoms with Crippen LogP contribution in [0.4, 0.5) is 0 Å². The van der Waals surface area contributed by atoms with Gasteiger partial charge in [0.25, 0.3) is 0 Å². The number of nitrogens with one attached hydrogen (secondary N) is 2. The Labute approximate surface area is 146 Å². The van der Waals surface area contributed by atoms with Crippen molar-refractivity contribution in [2.45, 2.75) is 26.5 Å². The SMILES string of the molecule is CCc1n[nH]c(=S)n1NCc1cccc(OCc2ccccc2)c1. The fourth-order valence-electron chi connectivity index (χ4n) is 2.39. The van der Waals surface area contributed by atoms with Gasteiger partial charge >= 0.3 is 0 Å². The Morgan fingerprint density at radius 1 is 1.12 bits per heavy atom. The van der Waals surface area contributed by atoms with E-state index in [4.69, 9.17) is 17.0 Å². The van der Waals surface area contributed by atoms with Crippen molar-refractivity contribution >= 4 is 12.2 Å². The van der Waals surface area contributed by atoms with E-state index in [-0.39, 0.29) is 0 Å². The number of aromatic nitrogens is 3. The van der Waals surface area contributed by atoms with Gasteiger partial charge < -0.3 is 10.2 Å². The van der Waals surface area contributed by atoms with Gasteiger partial charge in [0.05, 0.1) is 6.54 Å². The van der Waals surface area contributed by atoms with Crippen LogP contribution in [0.3, 0.4) is 0 Å². The normalized spacial score (nSPS) is 10.5. The lowest BCUT2D eigenvalue weighted by Gasteiger charge is -2.11. The highest BCUT2D eigenvalue weighted by Crippen LogP contribution is 2.15. The fraction of sp³-hybridized carbons (Fsp3) is 0.222. The van der Waals surface area contributed by atoms with E-state index in [1.807, 2.05) is 48.0 Å². The standard InChI is InChI=1S/C18H20N4OS/c1-2-17-20-21-18(24)22(17)19-12-15-9-6-10-16(11-15)23-13-14-7-4-3-5-8-14/h3-11,19H,2,12-13H2,1H3,(H,21,24). The van der Waals surface area contributed by atoms with Crippen LogP contribution in [0.2, 0.25) is 0 Å². The van der Waals surface area contributed by atoms with Gasteiger partial charge in [-0.1, -0.05) is 49.4 Å². The molecule has 0 unspecified atom stereocenters. The smallest absolute Gasteiger partial charge is 0.214 e. The van der Waals surface area contributed by atoms with Gasteiger partial charge in [-0.2, -0.15) is 5.10 Å². The molecule has 5 nitrogen and oxygen atoms in total. The Kier molecular flexibility index (Phi) is 5.28. The molecule has 1 heterocycles. The van der Waals surface area contributed by atoms with E-state index in [9.17, 15) is 0 Å². The molecule has 124 valence electrons. The minimum atomic E-state index is 0.560. The molecule has 0 fully saturated rings. The predicted octanol–water partition coefficient (Wildman–Crippen LogP) is 3.83. The van der Waals surface area contributed by atoms with Gasteiger partial charge in [0.2, 0.25) is 4.77 Å². The number of benzene rings is 2. The number of aryl methyl sites for hydroxylation is 1. The van der Waals surface area contributed by atoms with Crippen LogP contribution in [-0.4, -0.2) is 14.9 Å². The molecule has 0 atom stereocenters. The quantitative estimate of drug-likeness (QED) is 0.642. The maximum absolute atomic E-state index is 5.86. The van der Waals surface area contributed by atoms with E-state index in [2.05, 4.69) is 33.8 Å². The van der Waals surface area contributed by atoms with Crippen LogP contribution in [0.15, 0.2) is 54.6 Å². The average molecular weight is 340 g/mol. The van der Waals surface area contributed by atoms with Crippen molar-refractivity contribution in [2.24, 2.45) is 0 Å². The van der Waals surface area contributed by atoms with E-state index >= 15 is 0 Å². The molecule has 0 aliphatic heterocycles. The number of hydrogen-bond donors (Lipinski definition) is 2. The Hall–Kier alpha value is -2.60. The zero-order valence-electron chi connectivity index (χ0n) is 13.5. The van der Waals surface area contributed by atoms with E-state index in [0.29, 0.717) is 17.9 Å². The monoisotopic (exact) mass is 340 g/mol. The van der Waals surface area contributed by atoms with Crippen LogP contribution in [0.5, 0.6) is 5.75 Å². The van der Waals surface area contributed by atoms with Crippen molar-refractivity contribution in [3.8, 4) is 5.75 Å². The summed E-state index contributed by atoms with van der Waals surface area (Å²) in [7, 11) is 0. The van der Waals surface area contributed by atoms with E-state index in [1.54, 1.807) is 0 Å². The summed E-state index contributed by atoms with van der Waals surface area (Å²) >= 11 is 5.23. The highest BCUT2D eigenvalue weighted by molar-refractivity contribution is 7.71. The number of nitrogens with zero attached hydrogens (tertiary/aromatic N) is 2. The van der Waals surface area contributed by atoms with Gasteiger partial charge in [0.15, 0.2) is 5.82 Å². The molecule has 0 bridgehead atoms. The molecule has 0 radical (unpaired) electrons. The lowest BCUT2D eigenvalue weighted by molar-refractivity contribution is 0.306. The molecular formula is C18H20N4OS. The van der Waals surface area contributed by atoms with Gasteiger partial charge in [0, 0.05) is 6.42 Å². The Morgan fingerprint density at radius 3 is 2.71 bits per heavy atom. The molecule has 0 aliphatic rings. The van der Waals surface area contributed by atoms with Crippen LogP contribution >= 0.6 is 12.2 Å². The number of hydrogen-bond acceptors (Lipinski definition) is 4. The summed E-state index contributed by atoms with van der Waals surface area (Å²) in [6.45, 7) is 3.25. The average Bonchev–Trinajstić information content (AvgIpc) is 2.99. The molecule has 3 aromatic rings. The van der Waals surface area contributed by atoms with Gasteiger partial charge in [-0.05, 0) is 35.5 Å². The lowest BCUT2D eigenvalue weighted by atomic mass is 10.2. The van der Waals surface area contributed by atoms with Crippen molar-refractivity contribution in [3.63, 3.8) is 0 Å². The van der Waals surface area contributed by atoms with Crippen molar-refractivity contribution in [3.05, 3.63) is 76.3 Å². The molecule has 0 amide bonds. The molecule has 0 aliphatic carbocycles. The first-order valence-corrected chi connectivity index (χ1v) is 8.33. The molecular weight excluding hydrogens is 320 g/mol. The number of aromatic amines is 1. The third-order valence-corrected chi connectivity index (χ3v) is 3.92. The number of H-pyrrole nitrogens is 1. The minimum Gasteiger partial charge on any atom is -0.489 e. The third-order valence-electron chi connectivity index (χ3n) is 3.65. The Morgan fingerprint density at radius 2 is 1.92 bits per heavy atom. The molecule has 2 N–H and O–H groups in total. The highest BCUT2D eigenvalue weighted by atomic mass is 32.1. The van der Waals surface area contributed by atoms with Crippen molar-refractivity contribution in [2.75, 3.05) is 5.43 Å². The topological polar surface area (TPSA) is 54.9 Å². The van der Waals surface area contributed by atoms with E-state index in [0.717, 1.165) is 29.1 Å². The summed E-state index contributed by atoms with van der Waals surface area (Å²) in [6.07, 6.45) is 0.806. The van der Waals surface area contributed by atoms with Crippen LogP contribution in [0.25, 0.3) is 0 Å². The van der Waals surface area contributed by atoms with Crippen LogP contribution < -0.4 is 10.2 Å². The molecule has 24 heavy (non-hydrogen) atoms. The maximum Gasteiger partial charge on any atom is 0.214 e. The van der Waals surface area contributed by atoms with Gasteiger partial charge in [-0.15, -0.1) is 0 Å². The minimum absolute atomic E-state index is 0.560. The summed E-state index contributed by atoms with van der Waals surface area (Å²) in [6, 6.07) is 18.2. The molecule has 0 spiro atoms. The zero-order valence-corrected chi connectivity index (χ0v) is 14.3. The van der Waals surface area contributed by atoms with Gasteiger partial charge in [0.1, 0.15) is 12.4 Å². The highest BCUT2D eigenvalue weighted by Gasteiger charge is 2.04. The fourth-order valence-corrected chi connectivity index (χ4v) is 2.60. The summed E-state index contributed by atoms with van der Waals surface area (Å²) in [4.78, 5) is 0. The second kappa shape index (κ2) is 7.79. The van der Waals surface area contributed by atoms with Gasteiger partial charge in [-0.25, -0.2) is 4.68 Å². The molecule has 0 saturated carbocycles. The summed E-state index contributed by atoms with van der Waals surface area (Å²) in [5.41, 5.74) is 5.56. The zero-order chi connectivity index (χ0) is 16.8. The summed E-state index contributed by atoms with van der Waals surface area (Å²) in [5.74, 6) is 1.74. The summed E-state index contributed by atoms with van der Waals surface area (Å²) < 4.78 is 8.25. The Bertz CT molecular complexity index is 841. The maximum atomic E-state index is 5.86. The van der Waals surface area contributed by atoms with Crippen LogP contribution in [-0.2, 0) is 19.6 Å². The molecule has 2 aromatic carbocycles. The third kappa shape index (κ3) is 4.02. The molecule has 0 saturated heterocycles. The number of rotatable bonds is 7.